The van der Waals surface area contributed by atoms with E-state index in [1.165, 1.54) is 30.3 Å². The lowest BCUT2D eigenvalue weighted by Gasteiger charge is -2.33. The lowest BCUT2D eigenvalue weighted by atomic mass is 10.1. The van der Waals surface area contributed by atoms with E-state index in [0.717, 1.165) is 5.56 Å². The van der Waals surface area contributed by atoms with Crippen molar-refractivity contribution in [2.75, 3.05) is 31.6 Å². The van der Waals surface area contributed by atoms with Crippen LogP contribution in [0.1, 0.15) is 18.1 Å². The summed E-state index contributed by atoms with van der Waals surface area (Å²) < 4.78 is 41.6. The number of hydrogen-bond donors (Lipinski definition) is 2. The van der Waals surface area contributed by atoms with Gasteiger partial charge in [-0.1, -0.05) is 18.2 Å². The third kappa shape index (κ3) is 5.59. The Balaban J connectivity index is 1.52. The first-order chi connectivity index (χ1) is 13.3. The molecule has 1 fully saturated rings. The van der Waals surface area contributed by atoms with Crippen molar-refractivity contribution in [2.45, 2.75) is 17.4 Å². The molecular formula is C19H22FN3O4S. The number of sulfonamides is 1. The van der Waals surface area contributed by atoms with Gasteiger partial charge in [0.05, 0.1) is 17.6 Å². The van der Waals surface area contributed by atoms with Crippen LogP contribution >= 0.6 is 0 Å². The molecule has 1 atom stereocenters. The number of carbonyl (C=O) groups is 1. The molecular weight excluding hydrogens is 385 g/mol. The van der Waals surface area contributed by atoms with E-state index in [1.54, 1.807) is 18.2 Å². The van der Waals surface area contributed by atoms with Crippen LogP contribution in [0.2, 0.25) is 0 Å². The Morgan fingerprint density at radius 2 is 2.00 bits per heavy atom. The molecule has 1 aliphatic rings. The molecule has 2 aromatic carbocycles. The minimum absolute atomic E-state index is 0.0550. The molecule has 2 aromatic rings. The molecule has 1 aliphatic heterocycles. The molecule has 150 valence electrons. The van der Waals surface area contributed by atoms with Gasteiger partial charge in [0.1, 0.15) is 5.82 Å². The van der Waals surface area contributed by atoms with Crippen molar-refractivity contribution in [3.05, 3.63) is 59.9 Å². The normalized spacial score (nSPS) is 18.0. The lowest BCUT2D eigenvalue weighted by Crippen LogP contribution is -2.39. The second-order valence-electron chi connectivity index (χ2n) is 6.58. The summed E-state index contributed by atoms with van der Waals surface area (Å²) in [6.45, 7) is 2.37. The minimum atomic E-state index is -3.82. The van der Waals surface area contributed by atoms with Crippen LogP contribution in [0, 0.1) is 5.82 Å². The topological polar surface area (TPSA) is 102 Å². The highest BCUT2D eigenvalue weighted by Crippen LogP contribution is 2.22. The fourth-order valence-corrected chi connectivity index (χ4v) is 3.58. The highest BCUT2D eigenvalue weighted by Gasteiger charge is 2.22. The molecule has 1 amide bonds. The number of nitrogens with zero attached hydrogens (tertiary/aromatic N) is 1. The number of primary sulfonamides is 1. The fourth-order valence-electron chi connectivity index (χ4n) is 3.02. The van der Waals surface area contributed by atoms with E-state index in [1.807, 2.05) is 0 Å². The largest absolute Gasteiger partial charge is 0.371 e. The average Bonchev–Trinajstić information content (AvgIpc) is 2.67. The zero-order valence-electron chi connectivity index (χ0n) is 15.2. The van der Waals surface area contributed by atoms with Crippen LogP contribution in [-0.4, -0.2) is 45.5 Å². The molecule has 3 rings (SSSR count). The third-order valence-corrected chi connectivity index (χ3v) is 5.40. The third-order valence-electron chi connectivity index (χ3n) is 4.49. The number of hydrogen-bond acceptors (Lipinski definition) is 5. The molecule has 3 N–H and O–H groups in total. The quantitative estimate of drug-likeness (QED) is 0.761. The zero-order valence-corrected chi connectivity index (χ0v) is 16.0. The average molecular weight is 407 g/mol. The van der Waals surface area contributed by atoms with E-state index in [0.29, 0.717) is 31.9 Å². The van der Waals surface area contributed by atoms with E-state index in [4.69, 9.17) is 9.88 Å². The van der Waals surface area contributed by atoms with Crippen LogP contribution in [0.5, 0.6) is 0 Å². The van der Waals surface area contributed by atoms with Gasteiger partial charge >= 0.3 is 0 Å². The van der Waals surface area contributed by atoms with E-state index < -0.39 is 10.0 Å². The molecule has 0 saturated carbocycles. The van der Waals surface area contributed by atoms with E-state index in [2.05, 4.69) is 10.2 Å². The summed E-state index contributed by atoms with van der Waals surface area (Å²) in [6.07, 6.45) is 0.0827. The number of halogens is 1. The standard InChI is InChI=1S/C19H22FN3O4S/c20-15-6-4-14(5-7-15)18-13-23(10-11-27-18)9-8-19(24)22-16-2-1-3-17(12-16)28(21,25)26/h1-7,12,18H,8-11,13H2,(H,22,24)(H2,21,25,26). The molecule has 9 heteroatoms. The SMILES string of the molecule is NS(=O)(=O)c1cccc(NC(=O)CCN2CCOC(c3ccc(F)cc3)C2)c1. The number of morpholine rings is 1. The molecule has 0 bridgehead atoms. The van der Waals surface area contributed by atoms with Crippen LogP contribution in [0.3, 0.4) is 0 Å². The first kappa shape index (κ1) is 20.4. The number of nitrogens with one attached hydrogen (secondary N) is 1. The Kier molecular flexibility index (Phi) is 6.40. The highest BCUT2D eigenvalue weighted by molar-refractivity contribution is 7.89. The van der Waals surface area contributed by atoms with Gasteiger partial charge in [0.15, 0.2) is 0 Å². The number of ether oxygens (including phenoxy) is 1. The Hall–Kier alpha value is -2.33. The molecule has 0 aromatic heterocycles. The van der Waals surface area contributed by atoms with Gasteiger partial charge < -0.3 is 10.1 Å². The summed E-state index contributed by atoms with van der Waals surface area (Å²) in [6, 6.07) is 12.0. The second kappa shape index (κ2) is 8.78. The first-order valence-electron chi connectivity index (χ1n) is 8.83. The van der Waals surface area contributed by atoms with Crippen LogP contribution in [0.15, 0.2) is 53.4 Å². The first-order valence-corrected chi connectivity index (χ1v) is 10.4. The van der Waals surface area contributed by atoms with Crippen molar-refractivity contribution < 1.29 is 22.3 Å². The Morgan fingerprint density at radius 1 is 1.25 bits per heavy atom. The maximum absolute atomic E-state index is 13.1. The number of benzene rings is 2. The van der Waals surface area contributed by atoms with Crippen molar-refractivity contribution in [1.82, 2.24) is 4.90 Å². The Morgan fingerprint density at radius 3 is 2.71 bits per heavy atom. The van der Waals surface area contributed by atoms with E-state index in [9.17, 15) is 17.6 Å². The van der Waals surface area contributed by atoms with Crippen LogP contribution in [0.4, 0.5) is 10.1 Å². The van der Waals surface area contributed by atoms with Gasteiger partial charge in [0, 0.05) is 31.7 Å². The molecule has 1 unspecified atom stereocenters. The molecule has 28 heavy (non-hydrogen) atoms. The van der Waals surface area contributed by atoms with Crippen molar-refractivity contribution >= 4 is 21.6 Å². The molecule has 1 saturated heterocycles. The maximum Gasteiger partial charge on any atom is 0.238 e. The number of carbonyl (C=O) groups excluding carboxylic acids is 1. The summed E-state index contributed by atoms with van der Waals surface area (Å²) in [5.41, 5.74) is 1.28. The van der Waals surface area contributed by atoms with Gasteiger partial charge in [-0.2, -0.15) is 0 Å². The number of nitrogens with two attached hydrogens (primary N) is 1. The van der Waals surface area contributed by atoms with Gasteiger partial charge in [-0.15, -0.1) is 0 Å². The van der Waals surface area contributed by atoms with E-state index >= 15 is 0 Å². The maximum atomic E-state index is 13.1. The molecule has 0 aliphatic carbocycles. The molecule has 7 nitrogen and oxygen atoms in total. The van der Waals surface area contributed by atoms with Crippen molar-refractivity contribution in [3.8, 4) is 0 Å². The van der Waals surface area contributed by atoms with Gasteiger partial charge in [-0.3, -0.25) is 9.69 Å². The zero-order chi connectivity index (χ0) is 20.1. The fraction of sp³-hybridized carbons (Fsp3) is 0.316. The monoisotopic (exact) mass is 407 g/mol. The van der Waals surface area contributed by atoms with Crippen LogP contribution < -0.4 is 10.5 Å². The van der Waals surface area contributed by atoms with Gasteiger partial charge in [0.25, 0.3) is 0 Å². The predicted molar refractivity (Wildman–Crippen MR) is 103 cm³/mol. The minimum Gasteiger partial charge on any atom is -0.371 e. The van der Waals surface area contributed by atoms with Crippen LogP contribution in [-0.2, 0) is 19.6 Å². The van der Waals surface area contributed by atoms with Crippen molar-refractivity contribution in [1.29, 1.82) is 0 Å². The van der Waals surface area contributed by atoms with Crippen molar-refractivity contribution in [3.63, 3.8) is 0 Å². The smallest absolute Gasteiger partial charge is 0.238 e. The summed E-state index contributed by atoms with van der Waals surface area (Å²) in [5, 5.41) is 7.79. The lowest BCUT2D eigenvalue weighted by molar-refractivity contribution is -0.117. The molecule has 0 spiro atoms. The van der Waals surface area contributed by atoms with Crippen LogP contribution in [0.25, 0.3) is 0 Å². The number of amides is 1. The summed E-state index contributed by atoms with van der Waals surface area (Å²) in [7, 11) is -3.82. The summed E-state index contributed by atoms with van der Waals surface area (Å²) >= 11 is 0. The number of anilines is 1. The Bertz CT molecular complexity index is 934. The van der Waals surface area contributed by atoms with Gasteiger partial charge in [-0.25, -0.2) is 17.9 Å². The molecule has 0 radical (unpaired) electrons. The molecule has 1 heterocycles. The van der Waals surface area contributed by atoms with E-state index in [-0.39, 0.29) is 29.1 Å². The van der Waals surface area contributed by atoms with Gasteiger partial charge in [0.2, 0.25) is 15.9 Å². The predicted octanol–water partition coefficient (Wildman–Crippen LogP) is 1.88. The summed E-state index contributed by atoms with van der Waals surface area (Å²) in [4.78, 5) is 14.3. The van der Waals surface area contributed by atoms with Crippen molar-refractivity contribution in [2.24, 2.45) is 5.14 Å². The number of rotatable bonds is 6. The summed E-state index contributed by atoms with van der Waals surface area (Å²) in [5.74, 6) is -0.518. The second-order valence-corrected chi connectivity index (χ2v) is 8.14. The Labute approximate surface area is 163 Å². The van der Waals surface area contributed by atoms with Gasteiger partial charge in [-0.05, 0) is 35.9 Å². The highest BCUT2D eigenvalue weighted by atomic mass is 32.2.